The number of alkyl halides is 4. The summed E-state index contributed by atoms with van der Waals surface area (Å²) in [4.78, 5) is 11.1. The first kappa shape index (κ1) is 12.4. The highest BCUT2D eigenvalue weighted by Gasteiger charge is 2.41. The summed E-state index contributed by atoms with van der Waals surface area (Å²) in [5.74, 6) is -4.25. The monoisotopic (exact) mass is 336 g/mol. The Morgan fingerprint density at radius 3 is 2.60 bits per heavy atom. The quantitative estimate of drug-likeness (QED) is 0.623. The Balaban J connectivity index is 2.95. The van der Waals surface area contributed by atoms with Crippen LogP contribution >= 0.6 is 22.6 Å². The molecule has 0 amide bonds. The van der Waals surface area contributed by atoms with Crippen molar-refractivity contribution < 1.29 is 17.6 Å². The summed E-state index contributed by atoms with van der Waals surface area (Å²) in [5, 5.41) is 3.33. The second kappa shape index (κ2) is 4.45. The van der Waals surface area contributed by atoms with E-state index in [1.807, 2.05) is 0 Å². The zero-order valence-corrected chi connectivity index (χ0v) is 9.29. The van der Waals surface area contributed by atoms with Crippen LogP contribution in [0.2, 0.25) is 0 Å². The lowest BCUT2D eigenvalue weighted by atomic mass is 10.3. The predicted molar refractivity (Wildman–Crippen MR) is 52.2 cm³/mol. The van der Waals surface area contributed by atoms with Crippen LogP contribution in [0.5, 0.6) is 0 Å². The van der Waals surface area contributed by atoms with Crippen LogP contribution in [0, 0.1) is 3.57 Å². The second-order valence-electron chi connectivity index (χ2n) is 2.73. The summed E-state index contributed by atoms with van der Waals surface area (Å²) >= 11 is 1.76. The largest absolute Gasteiger partial charge is 0.326 e. The van der Waals surface area contributed by atoms with Gasteiger partial charge in [-0.15, -0.1) is 0 Å². The lowest BCUT2D eigenvalue weighted by Crippen LogP contribution is -2.37. The van der Waals surface area contributed by atoms with Gasteiger partial charge in [0.25, 0.3) is 5.56 Å². The van der Waals surface area contributed by atoms with Crippen molar-refractivity contribution in [1.82, 2.24) is 9.78 Å². The highest BCUT2D eigenvalue weighted by molar-refractivity contribution is 14.1. The van der Waals surface area contributed by atoms with Gasteiger partial charge in [-0.25, -0.2) is 13.5 Å². The second-order valence-corrected chi connectivity index (χ2v) is 3.98. The summed E-state index contributed by atoms with van der Waals surface area (Å²) in [7, 11) is 0. The molecule has 0 aromatic carbocycles. The minimum absolute atomic E-state index is 0.314. The lowest BCUT2D eigenvalue weighted by Gasteiger charge is -2.15. The maximum Gasteiger partial charge on any atom is 0.326 e. The van der Waals surface area contributed by atoms with Gasteiger partial charge in [0.15, 0.2) is 0 Å². The molecule has 3 nitrogen and oxygen atoms in total. The normalized spacial score (nSPS) is 12.1. The number of aromatic nitrogens is 2. The van der Waals surface area contributed by atoms with Gasteiger partial charge in [0.05, 0.1) is 6.20 Å². The van der Waals surface area contributed by atoms with Crippen LogP contribution in [0.1, 0.15) is 0 Å². The summed E-state index contributed by atoms with van der Waals surface area (Å²) in [6.45, 7) is -1.42. The molecule has 8 heteroatoms. The Morgan fingerprint density at radius 2 is 2.13 bits per heavy atom. The van der Waals surface area contributed by atoms with Crippen molar-refractivity contribution in [2.45, 2.75) is 18.9 Å². The molecule has 1 rings (SSSR count). The van der Waals surface area contributed by atoms with Gasteiger partial charge < -0.3 is 0 Å². The summed E-state index contributed by atoms with van der Waals surface area (Å²) in [6.07, 6.45) is -2.67. The summed E-state index contributed by atoms with van der Waals surface area (Å²) in [5.41, 5.74) is -0.831. The maximum absolute atomic E-state index is 12.6. The van der Waals surface area contributed by atoms with E-state index in [1.54, 1.807) is 22.6 Å². The number of nitrogens with zero attached hydrogens (tertiary/aromatic N) is 2. The molecule has 0 atom stereocenters. The van der Waals surface area contributed by atoms with E-state index in [-0.39, 0.29) is 0 Å². The van der Waals surface area contributed by atoms with E-state index >= 15 is 0 Å². The van der Waals surface area contributed by atoms with Crippen LogP contribution in [0.15, 0.2) is 17.1 Å². The van der Waals surface area contributed by atoms with E-state index < -0.39 is 24.5 Å². The number of halogens is 5. The van der Waals surface area contributed by atoms with Crippen molar-refractivity contribution in [3.05, 3.63) is 26.2 Å². The van der Waals surface area contributed by atoms with Gasteiger partial charge in [0.2, 0.25) is 0 Å². The van der Waals surface area contributed by atoms with Gasteiger partial charge in [-0.05, 0) is 22.6 Å². The highest BCUT2D eigenvalue weighted by Crippen LogP contribution is 2.23. The Morgan fingerprint density at radius 1 is 1.53 bits per heavy atom. The molecule has 0 saturated carbocycles. The van der Waals surface area contributed by atoms with Crippen molar-refractivity contribution in [2.75, 3.05) is 0 Å². The average Bonchev–Trinajstić information content (AvgIpc) is 2.09. The molecule has 0 N–H and O–H groups in total. The molecule has 0 aliphatic rings. The van der Waals surface area contributed by atoms with Gasteiger partial charge in [0.1, 0.15) is 6.54 Å². The average molecular weight is 336 g/mol. The molecule has 0 aliphatic carbocycles. The Labute approximate surface area is 95.2 Å². The standard InChI is InChI=1S/C7H5F4IN2O/c8-6(9)7(10,11)3-14-5(15)1-4(12)2-13-14/h1-2,6H,3H2. The molecule has 0 unspecified atom stereocenters. The molecule has 15 heavy (non-hydrogen) atoms. The fraction of sp³-hybridized carbons (Fsp3) is 0.429. The van der Waals surface area contributed by atoms with E-state index in [4.69, 9.17) is 0 Å². The maximum atomic E-state index is 12.6. The zero-order valence-electron chi connectivity index (χ0n) is 7.13. The Kier molecular flexibility index (Phi) is 3.68. The third kappa shape index (κ3) is 3.14. The van der Waals surface area contributed by atoms with Gasteiger partial charge in [0, 0.05) is 9.64 Å². The fourth-order valence-electron chi connectivity index (χ4n) is 0.799. The smallest absolute Gasteiger partial charge is 0.268 e. The predicted octanol–water partition coefficient (Wildman–Crippen LogP) is 1.75. The van der Waals surface area contributed by atoms with Crippen LogP contribution < -0.4 is 5.56 Å². The van der Waals surface area contributed by atoms with E-state index in [0.717, 1.165) is 12.3 Å². The third-order valence-electron chi connectivity index (χ3n) is 1.52. The van der Waals surface area contributed by atoms with Gasteiger partial charge in [-0.1, -0.05) is 0 Å². The first-order chi connectivity index (χ1) is 6.83. The number of rotatable bonds is 3. The number of hydrogen-bond donors (Lipinski definition) is 0. The van der Waals surface area contributed by atoms with Crippen LogP contribution in [0.4, 0.5) is 17.6 Å². The molecule has 0 spiro atoms. The van der Waals surface area contributed by atoms with Crippen molar-refractivity contribution in [3.8, 4) is 0 Å². The molecule has 0 fully saturated rings. The first-order valence-corrected chi connectivity index (χ1v) is 4.79. The molecular weight excluding hydrogens is 331 g/mol. The lowest BCUT2D eigenvalue weighted by molar-refractivity contribution is -0.140. The van der Waals surface area contributed by atoms with Crippen LogP contribution in [-0.4, -0.2) is 22.1 Å². The van der Waals surface area contributed by atoms with Crippen molar-refractivity contribution in [2.24, 2.45) is 0 Å². The molecular formula is C7H5F4IN2O. The van der Waals surface area contributed by atoms with E-state index in [0.29, 0.717) is 8.25 Å². The Hall–Kier alpha value is -0.670. The zero-order chi connectivity index (χ0) is 11.6. The minimum Gasteiger partial charge on any atom is -0.268 e. The Bertz CT molecular complexity index is 406. The SMILES string of the molecule is O=c1cc(I)cnn1CC(F)(F)C(F)F. The van der Waals surface area contributed by atoms with Crippen molar-refractivity contribution in [1.29, 1.82) is 0 Å². The van der Waals surface area contributed by atoms with Crippen LogP contribution in [0.3, 0.4) is 0 Å². The molecule has 0 radical (unpaired) electrons. The van der Waals surface area contributed by atoms with Crippen LogP contribution in [-0.2, 0) is 6.54 Å². The fourth-order valence-corrected chi connectivity index (χ4v) is 1.19. The molecule has 1 heterocycles. The first-order valence-electron chi connectivity index (χ1n) is 3.71. The molecule has 1 aromatic rings. The third-order valence-corrected chi connectivity index (χ3v) is 2.11. The van der Waals surface area contributed by atoms with E-state index in [1.165, 1.54) is 0 Å². The van der Waals surface area contributed by atoms with Gasteiger partial charge >= 0.3 is 12.3 Å². The molecule has 84 valence electrons. The van der Waals surface area contributed by atoms with Crippen molar-refractivity contribution in [3.63, 3.8) is 0 Å². The van der Waals surface area contributed by atoms with Gasteiger partial charge in [-0.3, -0.25) is 4.79 Å². The molecule has 0 aliphatic heterocycles. The van der Waals surface area contributed by atoms with E-state index in [2.05, 4.69) is 5.10 Å². The summed E-state index contributed by atoms with van der Waals surface area (Å²) < 4.78 is 49.5. The van der Waals surface area contributed by atoms with Crippen LogP contribution in [0.25, 0.3) is 0 Å². The minimum atomic E-state index is -4.25. The number of hydrogen-bond acceptors (Lipinski definition) is 2. The van der Waals surface area contributed by atoms with E-state index in [9.17, 15) is 22.4 Å². The molecule has 1 aromatic heterocycles. The highest BCUT2D eigenvalue weighted by atomic mass is 127. The summed E-state index contributed by atoms with van der Waals surface area (Å²) in [6, 6.07) is 1.04. The molecule has 0 saturated heterocycles. The topological polar surface area (TPSA) is 34.9 Å². The van der Waals surface area contributed by atoms with Crippen molar-refractivity contribution >= 4 is 22.6 Å². The van der Waals surface area contributed by atoms with Gasteiger partial charge in [-0.2, -0.15) is 13.9 Å². The molecule has 0 bridgehead atoms.